The van der Waals surface area contributed by atoms with Gasteiger partial charge in [-0.25, -0.2) is 0 Å². The van der Waals surface area contributed by atoms with E-state index < -0.39 is 0 Å². The Bertz CT molecular complexity index is 514. The maximum Gasteiger partial charge on any atom is 0.254 e. The first-order valence-electron chi connectivity index (χ1n) is 8.43. The van der Waals surface area contributed by atoms with E-state index in [2.05, 4.69) is 16.7 Å². The molecule has 2 aliphatic heterocycles. The normalized spacial score (nSPS) is 25.6. The SMILES string of the molecule is CCN1CCCC1C1CCCN1C(=O)c1ccc(OC)cc1. The third kappa shape index (κ3) is 2.84. The average Bonchev–Trinajstić information content (AvgIpc) is 3.22. The summed E-state index contributed by atoms with van der Waals surface area (Å²) < 4.78 is 5.17. The van der Waals surface area contributed by atoms with E-state index in [4.69, 9.17) is 4.74 Å². The maximum absolute atomic E-state index is 12.9. The Morgan fingerprint density at radius 3 is 2.50 bits per heavy atom. The second kappa shape index (κ2) is 6.69. The standard InChI is InChI=1S/C18H26N2O2/c1-3-19-12-4-6-16(19)17-7-5-13-20(17)18(21)14-8-10-15(22-2)11-9-14/h8-11,16-17H,3-7,12-13H2,1-2H3. The third-order valence-electron chi connectivity index (χ3n) is 5.16. The van der Waals surface area contributed by atoms with E-state index in [-0.39, 0.29) is 5.91 Å². The van der Waals surface area contributed by atoms with Crippen LogP contribution in [0.1, 0.15) is 43.0 Å². The van der Waals surface area contributed by atoms with Crippen molar-refractivity contribution >= 4 is 5.91 Å². The zero-order valence-corrected chi connectivity index (χ0v) is 13.6. The molecule has 0 spiro atoms. The molecule has 3 rings (SSSR count). The van der Waals surface area contributed by atoms with Crippen molar-refractivity contribution in [1.82, 2.24) is 9.80 Å². The number of carbonyl (C=O) groups excluding carboxylic acids is 1. The molecular weight excluding hydrogens is 276 g/mol. The average molecular weight is 302 g/mol. The van der Waals surface area contributed by atoms with E-state index in [0.717, 1.165) is 37.2 Å². The molecule has 2 aliphatic rings. The molecule has 1 aromatic rings. The van der Waals surface area contributed by atoms with Crippen molar-refractivity contribution in [1.29, 1.82) is 0 Å². The lowest BCUT2D eigenvalue weighted by Gasteiger charge is -2.34. The molecule has 2 atom stereocenters. The van der Waals surface area contributed by atoms with Crippen LogP contribution in [0, 0.1) is 0 Å². The fourth-order valence-electron chi connectivity index (χ4n) is 4.02. The molecule has 2 fully saturated rings. The number of benzene rings is 1. The molecule has 0 radical (unpaired) electrons. The molecule has 2 unspecified atom stereocenters. The van der Waals surface area contributed by atoms with Crippen molar-refractivity contribution in [3.63, 3.8) is 0 Å². The van der Waals surface area contributed by atoms with Gasteiger partial charge >= 0.3 is 0 Å². The monoisotopic (exact) mass is 302 g/mol. The van der Waals surface area contributed by atoms with E-state index >= 15 is 0 Å². The van der Waals surface area contributed by atoms with Crippen molar-refractivity contribution < 1.29 is 9.53 Å². The summed E-state index contributed by atoms with van der Waals surface area (Å²) in [5.74, 6) is 0.968. The number of hydrogen-bond acceptors (Lipinski definition) is 3. The fourth-order valence-corrected chi connectivity index (χ4v) is 4.02. The van der Waals surface area contributed by atoms with E-state index in [1.54, 1.807) is 7.11 Å². The van der Waals surface area contributed by atoms with E-state index in [1.807, 2.05) is 24.3 Å². The van der Waals surface area contributed by atoms with Crippen LogP contribution >= 0.6 is 0 Å². The van der Waals surface area contributed by atoms with Crippen molar-refractivity contribution in [2.24, 2.45) is 0 Å². The Hall–Kier alpha value is -1.55. The smallest absolute Gasteiger partial charge is 0.254 e. The van der Waals surface area contributed by atoms with Gasteiger partial charge < -0.3 is 9.64 Å². The van der Waals surface area contributed by atoms with Gasteiger partial charge in [0.05, 0.1) is 7.11 Å². The van der Waals surface area contributed by atoms with Crippen LogP contribution in [0.5, 0.6) is 5.75 Å². The molecule has 2 saturated heterocycles. The summed E-state index contributed by atoms with van der Waals surface area (Å²) in [7, 11) is 1.65. The summed E-state index contributed by atoms with van der Waals surface area (Å²) in [6, 6.07) is 8.43. The van der Waals surface area contributed by atoms with E-state index in [1.165, 1.54) is 19.4 Å². The minimum atomic E-state index is 0.174. The first-order valence-corrected chi connectivity index (χ1v) is 8.43. The van der Waals surface area contributed by atoms with Crippen LogP contribution < -0.4 is 4.74 Å². The summed E-state index contributed by atoms with van der Waals surface area (Å²) in [5, 5.41) is 0. The Morgan fingerprint density at radius 1 is 1.14 bits per heavy atom. The predicted octanol–water partition coefficient (Wildman–Crippen LogP) is 2.78. The molecule has 0 aromatic heterocycles. The predicted molar refractivity (Wildman–Crippen MR) is 87.3 cm³/mol. The van der Waals surface area contributed by atoms with Crippen molar-refractivity contribution in [3.8, 4) is 5.75 Å². The molecule has 120 valence electrons. The number of hydrogen-bond donors (Lipinski definition) is 0. The summed E-state index contributed by atoms with van der Waals surface area (Å²) in [4.78, 5) is 17.5. The zero-order chi connectivity index (χ0) is 15.5. The van der Waals surface area contributed by atoms with Crippen molar-refractivity contribution in [2.75, 3.05) is 26.7 Å². The Kier molecular flexibility index (Phi) is 4.67. The van der Waals surface area contributed by atoms with Gasteiger partial charge in [-0.1, -0.05) is 6.92 Å². The van der Waals surface area contributed by atoms with Crippen LogP contribution in [0.4, 0.5) is 0 Å². The van der Waals surface area contributed by atoms with Gasteiger partial charge in [0.15, 0.2) is 0 Å². The summed E-state index contributed by atoms with van der Waals surface area (Å²) >= 11 is 0. The lowest BCUT2D eigenvalue weighted by Crippen LogP contribution is -2.48. The Balaban J connectivity index is 1.75. The Morgan fingerprint density at radius 2 is 1.82 bits per heavy atom. The molecule has 0 bridgehead atoms. The molecule has 1 amide bonds. The number of ether oxygens (including phenoxy) is 1. The van der Waals surface area contributed by atoms with Crippen LogP contribution in [0.3, 0.4) is 0 Å². The van der Waals surface area contributed by atoms with Gasteiger partial charge in [-0.05, 0) is 63.0 Å². The molecule has 0 N–H and O–H groups in total. The molecule has 4 heteroatoms. The van der Waals surface area contributed by atoms with Gasteiger partial charge in [-0.3, -0.25) is 9.69 Å². The minimum Gasteiger partial charge on any atom is -0.497 e. The molecule has 4 nitrogen and oxygen atoms in total. The largest absolute Gasteiger partial charge is 0.497 e. The first-order chi connectivity index (χ1) is 10.7. The van der Waals surface area contributed by atoms with Gasteiger partial charge in [-0.15, -0.1) is 0 Å². The highest BCUT2D eigenvalue weighted by atomic mass is 16.5. The summed E-state index contributed by atoms with van der Waals surface area (Å²) in [6.45, 7) is 5.39. The van der Waals surface area contributed by atoms with E-state index in [9.17, 15) is 4.79 Å². The molecule has 2 heterocycles. The molecule has 22 heavy (non-hydrogen) atoms. The number of rotatable bonds is 4. The third-order valence-corrected chi connectivity index (χ3v) is 5.16. The van der Waals surface area contributed by atoms with E-state index in [0.29, 0.717) is 12.1 Å². The van der Waals surface area contributed by atoms with Gasteiger partial charge in [0.2, 0.25) is 0 Å². The van der Waals surface area contributed by atoms with Crippen LogP contribution in [0.2, 0.25) is 0 Å². The summed E-state index contributed by atoms with van der Waals surface area (Å²) in [6.07, 6.45) is 4.76. The van der Waals surface area contributed by atoms with Gasteiger partial charge in [0, 0.05) is 24.2 Å². The summed E-state index contributed by atoms with van der Waals surface area (Å²) in [5.41, 5.74) is 0.772. The zero-order valence-electron chi connectivity index (χ0n) is 13.6. The van der Waals surface area contributed by atoms with Crippen LogP contribution in [0.15, 0.2) is 24.3 Å². The van der Waals surface area contributed by atoms with Gasteiger partial charge in [-0.2, -0.15) is 0 Å². The second-order valence-corrected chi connectivity index (χ2v) is 6.27. The van der Waals surface area contributed by atoms with Crippen LogP contribution in [-0.4, -0.2) is 54.5 Å². The minimum absolute atomic E-state index is 0.174. The molecule has 0 aliphatic carbocycles. The topological polar surface area (TPSA) is 32.8 Å². The maximum atomic E-state index is 12.9. The lowest BCUT2D eigenvalue weighted by atomic mass is 10.0. The first kappa shape index (κ1) is 15.3. The highest BCUT2D eigenvalue weighted by Crippen LogP contribution is 2.31. The number of likely N-dealkylation sites (tertiary alicyclic amines) is 2. The highest BCUT2D eigenvalue weighted by molar-refractivity contribution is 5.94. The fraction of sp³-hybridized carbons (Fsp3) is 0.611. The molecule has 1 aromatic carbocycles. The van der Waals surface area contributed by atoms with Crippen LogP contribution in [0.25, 0.3) is 0 Å². The van der Waals surface area contributed by atoms with Crippen LogP contribution in [-0.2, 0) is 0 Å². The second-order valence-electron chi connectivity index (χ2n) is 6.27. The quantitative estimate of drug-likeness (QED) is 0.857. The number of methoxy groups -OCH3 is 1. The number of nitrogens with zero attached hydrogens (tertiary/aromatic N) is 2. The van der Waals surface area contributed by atoms with Crippen molar-refractivity contribution in [2.45, 2.75) is 44.7 Å². The number of likely N-dealkylation sites (N-methyl/N-ethyl adjacent to an activating group) is 1. The Labute approximate surface area is 133 Å². The highest BCUT2D eigenvalue weighted by Gasteiger charge is 2.39. The van der Waals surface area contributed by atoms with Crippen molar-refractivity contribution in [3.05, 3.63) is 29.8 Å². The van der Waals surface area contributed by atoms with Gasteiger partial charge in [0.25, 0.3) is 5.91 Å². The number of carbonyl (C=O) groups is 1. The van der Waals surface area contributed by atoms with Gasteiger partial charge in [0.1, 0.15) is 5.75 Å². The lowest BCUT2D eigenvalue weighted by molar-refractivity contribution is 0.0650. The number of amides is 1. The molecule has 0 saturated carbocycles. The molecular formula is C18H26N2O2.